The van der Waals surface area contributed by atoms with Crippen LogP contribution < -0.4 is 0 Å². The van der Waals surface area contributed by atoms with E-state index >= 15 is 0 Å². The zero-order valence-corrected chi connectivity index (χ0v) is 9.88. The van der Waals surface area contributed by atoms with Crippen LogP contribution in [0.5, 0.6) is 0 Å². The zero-order valence-electron chi connectivity index (χ0n) is 9.88. The van der Waals surface area contributed by atoms with E-state index in [1.165, 1.54) is 11.1 Å². The second kappa shape index (κ2) is 7.37. The van der Waals surface area contributed by atoms with Gasteiger partial charge in [-0.1, -0.05) is 57.7 Å². The summed E-state index contributed by atoms with van der Waals surface area (Å²) in [7, 11) is 0. The highest BCUT2D eigenvalue weighted by Crippen LogP contribution is 2.21. The number of hydrogen-bond donors (Lipinski definition) is 0. The summed E-state index contributed by atoms with van der Waals surface area (Å²) in [5, 5.41) is 0. The van der Waals surface area contributed by atoms with E-state index in [0.29, 0.717) is 5.92 Å². The number of hydrogen-bond acceptors (Lipinski definition) is 0. The SMILES string of the molecule is C=C/C(=C\C)C1=CCC(C)C=C1.CC. The molecule has 0 aliphatic heterocycles. The van der Waals surface area contributed by atoms with Crippen molar-refractivity contribution in [1.82, 2.24) is 0 Å². The van der Waals surface area contributed by atoms with Crippen LogP contribution in [0.1, 0.15) is 34.1 Å². The molecule has 0 heterocycles. The maximum Gasteiger partial charge on any atom is -0.0224 e. The molecule has 0 spiro atoms. The molecule has 0 aromatic carbocycles. The van der Waals surface area contributed by atoms with Gasteiger partial charge in [0.2, 0.25) is 0 Å². The van der Waals surface area contributed by atoms with E-state index in [1.807, 2.05) is 26.8 Å². The van der Waals surface area contributed by atoms with Crippen molar-refractivity contribution in [2.24, 2.45) is 5.92 Å². The highest BCUT2D eigenvalue weighted by atomic mass is 14.1. The van der Waals surface area contributed by atoms with E-state index in [0.717, 1.165) is 6.42 Å². The molecule has 0 bridgehead atoms. The van der Waals surface area contributed by atoms with Crippen LogP contribution in [0.25, 0.3) is 0 Å². The molecule has 0 radical (unpaired) electrons. The van der Waals surface area contributed by atoms with E-state index in [-0.39, 0.29) is 0 Å². The summed E-state index contributed by atoms with van der Waals surface area (Å²) >= 11 is 0. The molecule has 1 unspecified atom stereocenters. The number of allylic oxidation sites excluding steroid dienone is 7. The molecule has 0 N–H and O–H groups in total. The van der Waals surface area contributed by atoms with Gasteiger partial charge in [0.15, 0.2) is 0 Å². The minimum absolute atomic E-state index is 0.691. The van der Waals surface area contributed by atoms with Gasteiger partial charge in [-0.25, -0.2) is 0 Å². The molecule has 1 rings (SSSR count). The van der Waals surface area contributed by atoms with Gasteiger partial charge in [0.05, 0.1) is 0 Å². The van der Waals surface area contributed by atoms with Gasteiger partial charge in [-0.3, -0.25) is 0 Å². The summed E-state index contributed by atoms with van der Waals surface area (Å²) in [5.74, 6) is 0.691. The first kappa shape index (κ1) is 13.0. The molecule has 0 saturated carbocycles. The largest absolute Gasteiger partial charge is 0.0985 e. The van der Waals surface area contributed by atoms with E-state index in [4.69, 9.17) is 0 Å². The third kappa shape index (κ3) is 3.78. The van der Waals surface area contributed by atoms with Crippen molar-refractivity contribution in [3.05, 3.63) is 48.1 Å². The van der Waals surface area contributed by atoms with Gasteiger partial charge in [-0.05, 0) is 30.4 Å². The monoisotopic (exact) mass is 190 g/mol. The van der Waals surface area contributed by atoms with E-state index in [9.17, 15) is 0 Å². The van der Waals surface area contributed by atoms with Gasteiger partial charge in [-0.15, -0.1) is 0 Å². The summed E-state index contributed by atoms with van der Waals surface area (Å²) in [6, 6.07) is 0. The Morgan fingerprint density at radius 3 is 2.50 bits per heavy atom. The van der Waals surface area contributed by atoms with Crippen LogP contribution in [-0.2, 0) is 0 Å². The van der Waals surface area contributed by atoms with E-state index in [2.05, 4.69) is 37.8 Å². The average molecular weight is 190 g/mol. The van der Waals surface area contributed by atoms with Crippen LogP contribution in [0.2, 0.25) is 0 Å². The summed E-state index contributed by atoms with van der Waals surface area (Å²) < 4.78 is 0. The molecule has 78 valence electrons. The maximum atomic E-state index is 3.78. The highest BCUT2D eigenvalue weighted by Gasteiger charge is 2.04. The van der Waals surface area contributed by atoms with E-state index < -0.39 is 0 Å². The van der Waals surface area contributed by atoms with Gasteiger partial charge in [-0.2, -0.15) is 0 Å². The summed E-state index contributed by atoms with van der Waals surface area (Å²) in [4.78, 5) is 0. The smallest absolute Gasteiger partial charge is 0.0224 e. The minimum atomic E-state index is 0.691. The molecule has 14 heavy (non-hydrogen) atoms. The molecule has 0 saturated heterocycles. The normalized spacial score (nSPS) is 20.7. The Labute approximate surface area is 88.7 Å². The predicted molar refractivity (Wildman–Crippen MR) is 66.3 cm³/mol. The molecular formula is C14H22. The highest BCUT2D eigenvalue weighted by molar-refractivity contribution is 5.46. The van der Waals surface area contributed by atoms with Crippen LogP contribution in [0.15, 0.2) is 48.1 Å². The van der Waals surface area contributed by atoms with Gasteiger partial charge < -0.3 is 0 Å². The molecule has 1 aliphatic carbocycles. The van der Waals surface area contributed by atoms with Crippen LogP contribution in [0.3, 0.4) is 0 Å². The first-order chi connectivity index (χ1) is 6.77. The molecule has 0 aromatic heterocycles. The van der Waals surface area contributed by atoms with Gasteiger partial charge in [0, 0.05) is 0 Å². The molecule has 1 aliphatic rings. The van der Waals surface area contributed by atoms with Crippen LogP contribution in [0, 0.1) is 5.92 Å². The minimum Gasteiger partial charge on any atom is -0.0985 e. The fraction of sp³-hybridized carbons (Fsp3) is 0.429. The van der Waals surface area contributed by atoms with Crippen molar-refractivity contribution in [3.8, 4) is 0 Å². The van der Waals surface area contributed by atoms with Crippen LogP contribution in [-0.4, -0.2) is 0 Å². The second-order valence-corrected chi connectivity index (χ2v) is 3.18. The summed E-state index contributed by atoms with van der Waals surface area (Å²) in [6.07, 6.45) is 11.9. The Bertz CT molecular complexity index is 251. The van der Waals surface area contributed by atoms with Crippen LogP contribution in [0.4, 0.5) is 0 Å². The molecule has 1 atom stereocenters. The molecule has 0 fully saturated rings. The molecule has 0 heteroatoms. The molecule has 0 aromatic rings. The third-order valence-electron chi connectivity index (χ3n) is 2.18. The Morgan fingerprint density at radius 2 is 2.14 bits per heavy atom. The zero-order chi connectivity index (χ0) is 11.0. The molecule has 0 nitrogen and oxygen atoms in total. The Kier molecular flexibility index (Phi) is 6.82. The topological polar surface area (TPSA) is 0 Å². The third-order valence-corrected chi connectivity index (χ3v) is 2.18. The van der Waals surface area contributed by atoms with Crippen molar-refractivity contribution < 1.29 is 0 Å². The Balaban J connectivity index is 0.000000791. The lowest BCUT2D eigenvalue weighted by molar-refractivity contribution is 0.732. The lowest BCUT2D eigenvalue weighted by Gasteiger charge is -2.11. The van der Waals surface area contributed by atoms with Crippen molar-refractivity contribution in [3.63, 3.8) is 0 Å². The van der Waals surface area contributed by atoms with Crippen molar-refractivity contribution in [2.45, 2.75) is 34.1 Å². The first-order valence-electron chi connectivity index (χ1n) is 5.45. The van der Waals surface area contributed by atoms with Gasteiger partial charge in [0.25, 0.3) is 0 Å². The fourth-order valence-corrected chi connectivity index (χ4v) is 1.34. The second-order valence-electron chi connectivity index (χ2n) is 3.18. The Morgan fingerprint density at radius 1 is 1.50 bits per heavy atom. The van der Waals surface area contributed by atoms with Gasteiger partial charge in [0.1, 0.15) is 0 Å². The van der Waals surface area contributed by atoms with Crippen LogP contribution >= 0.6 is 0 Å². The molecule has 0 amide bonds. The van der Waals surface area contributed by atoms with Crippen molar-refractivity contribution in [2.75, 3.05) is 0 Å². The average Bonchev–Trinajstić information content (AvgIpc) is 2.25. The van der Waals surface area contributed by atoms with Crippen molar-refractivity contribution >= 4 is 0 Å². The standard InChI is InChI=1S/C12H16.C2H6/c1-4-11(5-2)12-8-6-10(3)7-9-12;1-2/h4-6,8-10H,1,7H2,2-3H3;1-2H3/b11-5+;. The summed E-state index contributed by atoms with van der Waals surface area (Å²) in [5.41, 5.74) is 2.55. The first-order valence-corrected chi connectivity index (χ1v) is 5.45. The van der Waals surface area contributed by atoms with E-state index in [1.54, 1.807) is 0 Å². The quantitative estimate of drug-likeness (QED) is 0.555. The predicted octanol–water partition coefficient (Wildman–Crippen LogP) is 4.67. The Hall–Kier alpha value is -1.04. The maximum absolute atomic E-state index is 3.78. The lowest BCUT2D eigenvalue weighted by atomic mass is 9.94. The summed E-state index contributed by atoms with van der Waals surface area (Å²) in [6.45, 7) is 12.1. The lowest BCUT2D eigenvalue weighted by Crippen LogP contribution is -1.95. The van der Waals surface area contributed by atoms with Gasteiger partial charge >= 0.3 is 0 Å². The number of rotatable bonds is 2. The van der Waals surface area contributed by atoms with Crippen molar-refractivity contribution in [1.29, 1.82) is 0 Å². The fourth-order valence-electron chi connectivity index (χ4n) is 1.34. The molecular weight excluding hydrogens is 168 g/mol.